The molecular weight excluding hydrogens is 450 g/mol. The number of likely N-dealkylation sites (tertiary alicyclic amines) is 1. The van der Waals surface area contributed by atoms with Gasteiger partial charge in [-0.15, -0.1) is 0 Å². The molecule has 0 radical (unpaired) electrons. The highest BCUT2D eigenvalue weighted by molar-refractivity contribution is 5.92. The fraction of sp³-hybridized carbons (Fsp3) is 0.520. The molecule has 0 bridgehead atoms. The lowest BCUT2D eigenvalue weighted by atomic mass is 9.85. The fourth-order valence-electron chi connectivity index (χ4n) is 4.20. The molecule has 0 aliphatic carbocycles. The molecule has 10 heteroatoms. The van der Waals surface area contributed by atoms with Gasteiger partial charge in [0.05, 0.1) is 25.5 Å². The van der Waals surface area contributed by atoms with Gasteiger partial charge in [0.25, 0.3) is 5.91 Å². The Morgan fingerprint density at radius 1 is 1.31 bits per heavy atom. The van der Waals surface area contributed by atoms with Crippen LogP contribution in [-0.4, -0.2) is 70.0 Å². The smallest absolute Gasteiger partial charge is 0.269 e. The molecule has 3 amide bonds. The Morgan fingerprint density at radius 3 is 2.71 bits per heavy atom. The van der Waals surface area contributed by atoms with E-state index in [2.05, 4.69) is 20.6 Å². The van der Waals surface area contributed by atoms with E-state index < -0.39 is 23.6 Å². The molecule has 1 aromatic heterocycles. The summed E-state index contributed by atoms with van der Waals surface area (Å²) in [6, 6.07) is 6.35. The van der Waals surface area contributed by atoms with Crippen LogP contribution in [0.4, 0.5) is 0 Å². The first-order valence-electron chi connectivity index (χ1n) is 11.7. The van der Waals surface area contributed by atoms with Gasteiger partial charge in [-0.1, -0.05) is 32.9 Å². The number of imidazole rings is 1. The lowest BCUT2D eigenvalue weighted by Gasteiger charge is -2.35. The van der Waals surface area contributed by atoms with Crippen molar-refractivity contribution in [1.82, 2.24) is 25.5 Å². The highest BCUT2D eigenvalue weighted by Crippen LogP contribution is 2.33. The third-order valence-electron chi connectivity index (χ3n) is 6.01. The summed E-state index contributed by atoms with van der Waals surface area (Å²) >= 11 is 0. The van der Waals surface area contributed by atoms with Crippen molar-refractivity contribution in [2.24, 2.45) is 5.41 Å². The van der Waals surface area contributed by atoms with Crippen LogP contribution in [0.25, 0.3) is 0 Å². The Hall–Kier alpha value is -3.40. The number of nitrogens with one attached hydrogen (secondary N) is 3. The number of nitrogens with zero attached hydrogens (tertiary/aromatic N) is 2. The maximum atomic E-state index is 13.4. The van der Waals surface area contributed by atoms with Crippen LogP contribution in [0, 0.1) is 5.41 Å². The number of aliphatic hydroxyl groups excluding tert-OH is 1. The van der Waals surface area contributed by atoms with Gasteiger partial charge in [0.1, 0.15) is 23.3 Å². The number of hydrogen-bond acceptors (Lipinski definition) is 6. The average Bonchev–Trinajstić information content (AvgIpc) is 3.43. The highest BCUT2D eigenvalue weighted by atomic mass is 16.5. The van der Waals surface area contributed by atoms with Crippen molar-refractivity contribution in [3.8, 4) is 5.75 Å². The van der Waals surface area contributed by atoms with Crippen molar-refractivity contribution in [3.63, 3.8) is 0 Å². The molecule has 0 unspecified atom stereocenters. The van der Waals surface area contributed by atoms with Gasteiger partial charge in [0.15, 0.2) is 0 Å². The second-order valence-corrected chi connectivity index (χ2v) is 9.94. The Labute approximate surface area is 205 Å². The Bertz CT molecular complexity index is 1060. The summed E-state index contributed by atoms with van der Waals surface area (Å²) in [7, 11) is 1.61. The van der Waals surface area contributed by atoms with E-state index in [1.807, 2.05) is 45.0 Å². The number of aromatic amines is 1. The molecule has 4 N–H and O–H groups in total. The SMILES string of the molecule is COc1cccc(CCNC(=O)c2cnc([C@@H]3C[C@@H](O)CN3C(=O)[C@@H](NC(C)=O)C(C)(C)C)[nH]2)c1. The summed E-state index contributed by atoms with van der Waals surface area (Å²) in [4.78, 5) is 46.6. The van der Waals surface area contributed by atoms with Crippen molar-refractivity contribution in [1.29, 1.82) is 0 Å². The number of hydrogen-bond donors (Lipinski definition) is 4. The van der Waals surface area contributed by atoms with E-state index in [0.717, 1.165) is 11.3 Å². The lowest BCUT2D eigenvalue weighted by Crippen LogP contribution is -2.54. The molecule has 2 heterocycles. The van der Waals surface area contributed by atoms with Gasteiger partial charge < -0.3 is 30.4 Å². The first-order valence-corrected chi connectivity index (χ1v) is 11.7. The summed E-state index contributed by atoms with van der Waals surface area (Å²) in [5, 5.41) is 15.9. The van der Waals surface area contributed by atoms with Crippen molar-refractivity contribution in [3.05, 3.63) is 47.5 Å². The van der Waals surface area contributed by atoms with Crippen LogP contribution >= 0.6 is 0 Å². The van der Waals surface area contributed by atoms with Gasteiger partial charge in [0, 0.05) is 26.4 Å². The van der Waals surface area contributed by atoms with Crippen LogP contribution in [0.15, 0.2) is 30.5 Å². The van der Waals surface area contributed by atoms with E-state index in [9.17, 15) is 19.5 Å². The summed E-state index contributed by atoms with van der Waals surface area (Å²) in [5.74, 6) is 0.268. The first kappa shape index (κ1) is 26.2. The quantitative estimate of drug-likeness (QED) is 0.448. The Morgan fingerprint density at radius 2 is 2.06 bits per heavy atom. The maximum Gasteiger partial charge on any atom is 0.269 e. The third-order valence-corrected chi connectivity index (χ3v) is 6.01. The molecule has 1 aromatic carbocycles. The number of carbonyl (C=O) groups is 3. The minimum absolute atomic E-state index is 0.123. The zero-order valence-electron chi connectivity index (χ0n) is 20.9. The van der Waals surface area contributed by atoms with Crippen LogP contribution in [0.3, 0.4) is 0 Å². The van der Waals surface area contributed by atoms with Crippen LogP contribution in [0.5, 0.6) is 5.75 Å². The van der Waals surface area contributed by atoms with E-state index in [-0.39, 0.29) is 36.4 Å². The van der Waals surface area contributed by atoms with Crippen molar-refractivity contribution in [2.45, 2.75) is 58.7 Å². The van der Waals surface area contributed by atoms with Gasteiger partial charge in [0.2, 0.25) is 11.8 Å². The van der Waals surface area contributed by atoms with Crippen molar-refractivity contribution in [2.75, 3.05) is 20.2 Å². The summed E-state index contributed by atoms with van der Waals surface area (Å²) in [6.45, 7) is 7.53. The predicted molar refractivity (Wildman–Crippen MR) is 130 cm³/mol. The minimum Gasteiger partial charge on any atom is -0.497 e. The molecule has 1 fully saturated rings. The lowest BCUT2D eigenvalue weighted by molar-refractivity contribution is -0.140. The van der Waals surface area contributed by atoms with Gasteiger partial charge in [-0.3, -0.25) is 14.4 Å². The predicted octanol–water partition coefficient (Wildman–Crippen LogP) is 1.58. The third kappa shape index (κ3) is 6.60. The first-order chi connectivity index (χ1) is 16.5. The molecular formula is C25H35N5O5. The highest BCUT2D eigenvalue weighted by Gasteiger charge is 2.43. The number of aromatic nitrogens is 2. The zero-order chi connectivity index (χ0) is 25.8. The van der Waals surface area contributed by atoms with E-state index in [0.29, 0.717) is 18.8 Å². The Balaban J connectivity index is 1.67. The monoisotopic (exact) mass is 485 g/mol. The van der Waals surface area contributed by atoms with Crippen LogP contribution in [0.2, 0.25) is 0 Å². The fourth-order valence-corrected chi connectivity index (χ4v) is 4.20. The minimum atomic E-state index is -0.762. The van der Waals surface area contributed by atoms with Gasteiger partial charge in [-0.25, -0.2) is 4.98 Å². The van der Waals surface area contributed by atoms with E-state index in [1.54, 1.807) is 7.11 Å². The van der Waals surface area contributed by atoms with Crippen LogP contribution in [0.1, 0.15) is 62.0 Å². The molecule has 0 spiro atoms. The Kier molecular flexibility index (Phi) is 8.16. The van der Waals surface area contributed by atoms with E-state index >= 15 is 0 Å². The summed E-state index contributed by atoms with van der Waals surface area (Å²) in [6.07, 6.45) is 1.62. The van der Waals surface area contributed by atoms with Gasteiger partial charge in [-0.05, 0) is 29.5 Å². The number of H-pyrrole nitrogens is 1. The van der Waals surface area contributed by atoms with Gasteiger partial charge in [-0.2, -0.15) is 0 Å². The standard InChI is InChI=1S/C25H35N5O5/c1-15(31)28-21(25(2,3)4)24(34)30-14-17(32)12-20(30)22-27-13-19(29-22)23(33)26-10-9-16-7-6-8-18(11-16)35-5/h6-8,11,13,17,20-21,32H,9-10,12,14H2,1-5H3,(H,26,33)(H,27,29)(H,28,31)/t17-,20+,21-/m1/s1. The van der Waals surface area contributed by atoms with Crippen molar-refractivity contribution < 1.29 is 24.2 Å². The number of amides is 3. The molecule has 3 atom stereocenters. The molecule has 35 heavy (non-hydrogen) atoms. The molecule has 1 aliphatic heterocycles. The maximum absolute atomic E-state index is 13.4. The number of methoxy groups -OCH3 is 1. The van der Waals surface area contributed by atoms with Crippen LogP contribution in [-0.2, 0) is 16.0 Å². The molecule has 3 rings (SSSR count). The van der Waals surface area contributed by atoms with E-state index in [1.165, 1.54) is 18.0 Å². The second-order valence-electron chi connectivity index (χ2n) is 9.94. The van der Waals surface area contributed by atoms with Crippen molar-refractivity contribution >= 4 is 17.7 Å². The zero-order valence-corrected chi connectivity index (χ0v) is 20.9. The number of ether oxygens (including phenoxy) is 1. The topological polar surface area (TPSA) is 137 Å². The summed E-state index contributed by atoms with van der Waals surface area (Å²) < 4.78 is 5.22. The second kappa shape index (κ2) is 10.9. The molecule has 190 valence electrons. The van der Waals surface area contributed by atoms with Gasteiger partial charge >= 0.3 is 0 Å². The number of β-amino-alcohol motifs (C(OH)–C–C–N with tert-alkyl or cyclic N) is 1. The number of aliphatic hydroxyl groups is 1. The molecule has 0 saturated carbocycles. The molecule has 2 aromatic rings. The number of benzene rings is 1. The number of rotatable bonds is 8. The largest absolute Gasteiger partial charge is 0.497 e. The van der Waals surface area contributed by atoms with Crippen LogP contribution < -0.4 is 15.4 Å². The summed E-state index contributed by atoms with van der Waals surface area (Å²) in [5.41, 5.74) is 0.781. The number of carbonyl (C=O) groups excluding carboxylic acids is 3. The molecule has 1 aliphatic rings. The molecule has 10 nitrogen and oxygen atoms in total. The van der Waals surface area contributed by atoms with E-state index in [4.69, 9.17) is 4.74 Å². The average molecular weight is 486 g/mol. The normalized spacial score (nSPS) is 18.7. The molecule has 1 saturated heterocycles.